The van der Waals surface area contributed by atoms with E-state index in [1.54, 1.807) is 37.6 Å². The van der Waals surface area contributed by atoms with Crippen LogP contribution >= 0.6 is 0 Å². The van der Waals surface area contributed by atoms with Gasteiger partial charge in [0.1, 0.15) is 30.8 Å². The normalized spacial score (nSPS) is 10.7. The predicted octanol–water partition coefficient (Wildman–Crippen LogP) is 2.71. The summed E-state index contributed by atoms with van der Waals surface area (Å²) >= 11 is 0. The number of aromatic nitrogens is 3. The molecule has 3 rings (SSSR count). The zero-order valence-electron chi connectivity index (χ0n) is 15.0. The molecule has 138 valence electrons. The number of methoxy groups -OCH3 is 1. The number of hydrogen-bond acceptors (Lipinski definition) is 6. The third-order valence-corrected chi connectivity index (χ3v) is 3.61. The largest absolute Gasteiger partial charge is 0.496 e. The molecule has 1 aromatic heterocycles. The van der Waals surface area contributed by atoms with Crippen molar-refractivity contribution >= 4 is 17.8 Å². The van der Waals surface area contributed by atoms with Crippen molar-refractivity contribution in [3.05, 3.63) is 66.2 Å². The van der Waals surface area contributed by atoms with E-state index in [2.05, 4.69) is 20.5 Å². The number of amides is 1. The summed E-state index contributed by atoms with van der Waals surface area (Å²) in [5.41, 5.74) is 2.48. The molecule has 1 N–H and O–H groups in total. The van der Waals surface area contributed by atoms with Gasteiger partial charge in [-0.3, -0.25) is 4.79 Å². The van der Waals surface area contributed by atoms with Crippen molar-refractivity contribution in [2.24, 2.45) is 5.10 Å². The maximum atomic E-state index is 11.1. The van der Waals surface area contributed by atoms with E-state index in [-0.39, 0.29) is 5.91 Å². The van der Waals surface area contributed by atoms with Crippen LogP contribution < -0.4 is 14.8 Å². The minimum atomic E-state index is -0.113. The van der Waals surface area contributed by atoms with Crippen LogP contribution in [-0.2, 0) is 11.4 Å². The van der Waals surface area contributed by atoms with E-state index in [9.17, 15) is 4.79 Å². The summed E-state index contributed by atoms with van der Waals surface area (Å²) in [7, 11) is 1.62. The van der Waals surface area contributed by atoms with Crippen LogP contribution in [0.3, 0.4) is 0 Å². The number of nitrogens with zero attached hydrogens (tertiary/aromatic N) is 4. The second-order valence-electron chi connectivity index (χ2n) is 5.63. The number of carbonyl (C=O) groups excluding carboxylic acids is 1. The lowest BCUT2D eigenvalue weighted by Crippen LogP contribution is -2.05. The van der Waals surface area contributed by atoms with E-state index >= 15 is 0 Å². The fraction of sp³-hybridized carbons (Fsp3) is 0.158. The van der Waals surface area contributed by atoms with Gasteiger partial charge in [-0.05, 0) is 48.0 Å². The lowest BCUT2D eigenvalue weighted by atomic mass is 10.1. The molecule has 8 heteroatoms. The van der Waals surface area contributed by atoms with Crippen LogP contribution in [0.2, 0.25) is 0 Å². The van der Waals surface area contributed by atoms with Crippen molar-refractivity contribution in [1.82, 2.24) is 14.9 Å². The Hall–Kier alpha value is -3.68. The highest BCUT2D eigenvalue weighted by molar-refractivity contribution is 5.88. The number of rotatable bonds is 7. The first kappa shape index (κ1) is 18.1. The first-order valence-corrected chi connectivity index (χ1v) is 8.20. The Labute approximate surface area is 156 Å². The third-order valence-electron chi connectivity index (χ3n) is 3.61. The molecule has 0 fully saturated rings. The molecule has 0 aliphatic heterocycles. The van der Waals surface area contributed by atoms with Gasteiger partial charge in [-0.2, -0.15) is 5.10 Å². The van der Waals surface area contributed by atoms with Gasteiger partial charge in [-0.25, -0.2) is 4.98 Å². The lowest BCUT2D eigenvalue weighted by molar-refractivity contribution is -0.114. The van der Waals surface area contributed by atoms with Crippen LogP contribution in [0, 0.1) is 0 Å². The van der Waals surface area contributed by atoms with E-state index in [4.69, 9.17) is 9.47 Å². The van der Waals surface area contributed by atoms with Crippen molar-refractivity contribution in [3.8, 4) is 11.5 Å². The third kappa shape index (κ3) is 5.15. The molecule has 3 aromatic rings. The molecule has 0 bridgehead atoms. The summed E-state index contributed by atoms with van der Waals surface area (Å²) in [5.74, 6) is 1.30. The van der Waals surface area contributed by atoms with Crippen LogP contribution in [0.5, 0.6) is 11.5 Å². The highest BCUT2D eigenvalue weighted by Crippen LogP contribution is 2.23. The van der Waals surface area contributed by atoms with Crippen molar-refractivity contribution in [2.75, 3.05) is 12.4 Å². The second kappa shape index (κ2) is 8.61. The molecule has 0 spiro atoms. The van der Waals surface area contributed by atoms with E-state index < -0.39 is 0 Å². The van der Waals surface area contributed by atoms with Crippen LogP contribution in [0.25, 0.3) is 0 Å². The van der Waals surface area contributed by atoms with Gasteiger partial charge < -0.3 is 14.8 Å². The Kier molecular flexibility index (Phi) is 5.78. The molecule has 2 aromatic carbocycles. The summed E-state index contributed by atoms with van der Waals surface area (Å²) in [6.45, 7) is 1.80. The van der Waals surface area contributed by atoms with Gasteiger partial charge in [0.05, 0.1) is 13.3 Å². The highest BCUT2D eigenvalue weighted by atomic mass is 16.5. The van der Waals surface area contributed by atoms with Gasteiger partial charge in [0.2, 0.25) is 5.91 Å². The zero-order valence-corrected chi connectivity index (χ0v) is 15.0. The number of ether oxygens (including phenoxy) is 2. The Morgan fingerprint density at radius 2 is 2.07 bits per heavy atom. The summed E-state index contributed by atoms with van der Waals surface area (Å²) in [4.78, 5) is 16.3. The van der Waals surface area contributed by atoms with Crippen molar-refractivity contribution in [1.29, 1.82) is 0 Å². The molecule has 0 aliphatic rings. The molecule has 0 saturated carbocycles. The smallest absolute Gasteiger partial charge is 0.221 e. The van der Waals surface area contributed by atoms with E-state index in [0.29, 0.717) is 12.4 Å². The number of hydrogen-bond donors (Lipinski definition) is 1. The van der Waals surface area contributed by atoms with Crippen molar-refractivity contribution in [2.45, 2.75) is 13.5 Å². The van der Waals surface area contributed by atoms with Gasteiger partial charge in [0.25, 0.3) is 0 Å². The summed E-state index contributed by atoms with van der Waals surface area (Å²) in [6, 6.07) is 12.9. The van der Waals surface area contributed by atoms with Gasteiger partial charge in [-0.15, -0.1) is 9.89 Å². The first-order valence-electron chi connectivity index (χ1n) is 8.20. The summed E-state index contributed by atoms with van der Waals surface area (Å²) in [5, 5.41) is 10.8. The van der Waals surface area contributed by atoms with Crippen LogP contribution in [-0.4, -0.2) is 34.1 Å². The number of benzene rings is 2. The lowest BCUT2D eigenvalue weighted by Gasteiger charge is -2.11. The standard InChI is InChI=1S/C19H19N5O3/c1-14(25)23-17-4-6-18(7-5-17)27-11-16-9-15(3-8-19(16)26-2)10-21-24-13-20-12-22-24/h3-10,12-13H,11H2,1-2H3,(H,23,25)/b21-10+. The Morgan fingerprint density at radius 1 is 1.26 bits per heavy atom. The maximum absolute atomic E-state index is 11.1. The second-order valence-corrected chi connectivity index (χ2v) is 5.63. The molecule has 0 unspecified atom stereocenters. The van der Waals surface area contributed by atoms with Gasteiger partial charge in [0.15, 0.2) is 0 Å². The zero-order chi connectivity index (χ0) is 19.1. The average Bonchev–Trinajstić information content (AvgIpc) is 3.19. The molecule has 0 atom stereocenters. The van der Waals surface area contributed by atoms with Gasteiger partial charge in [-0.1, -0.05) is 0 Å². The van der Waals surface area contributed by atoms with Crippen LogP contribution in [0.15, 0.2) is 60.2 Å². The number of carbonyl (C=O) groups is 1. The molecule has 1 heterocycles. The average molecular weight is 365 g/mol. The molecule has 27 heavy (non-hydrogen) atoms. The van der Waals surface area contributed by atoms with E-state index in [1.807, 2.05) is 18.2 Å². The van der Waals surface area contributed by atoms with Crippen LogP contribution in [0.4, 0.5) is 5.69 Å². The SMILES string of the molecule is COc1ccc(/C=N/n2cncn2)cc1COc1ccc(NC(C)=O)cc1. The fourth-order valence-corrected chi connectivity index (χ4v) is 2.38. The van der Waals surface area contributed by atoms with Crippen molar-refractivity contribution < 1.29 is 14.3 Å². The van der Waals surface area contributed by atoms with Crippen LogP contribution in [0.1, 0.15) is 18.1 Å². The van der Waals surface area contributed by atoms with E-state index in [1.165, 1.54) is 24.4 Å². The topological polar surface area (TPSA) is 90.6 Å². The highest BCUT2D eigenvalue weighted by Gasteiger charge is 2.06. The fourth-order valence-electron chi connectivity index (χ4n) is 2.38. The Bertz CT molecular complexity index is 921. The molecule has 8 nitrogen and oxygen atoms in total. The predicted molar refractivity (Wildman–Crippen MR) is 101 cm³/mol. The maximum Gasteiger partial charge on any atom is 0.221 e. The minimum absolute atomic E-state index is 0.113. The first-order chi connectivity index (χ1) is 13.1. The van der Waals surface area contributed by atoms with Gasteiger partial charge >= 0.3 is 0 Å². The molecular weight excluding hydrogens is 346 g/mol. The molecule has 0 saturated heterocycles. The van der Waals surface area contributed by atoms with Gasteiger partial charge in [0, 0.05) is 18.2 Å². The Balaban J connectivity index is 1.69. The minimum Gasteiger partial charge on any atom is -0.496 e. The monoisotopic (exact) mass is 365 g/mol. The van der Waals surface area contributed by atoms with E-state index in [0.717, 1.165) is 22.6 Å². The quantitative estimate of drug-likeness (QED) is 0.650. The number of anilines is 1. The molecule has 0 radical (unpaired) electrons. The molecular formula is C19H19N5O3. The number of nitrogens with one attached hydrogen (secondary N) is 1. The molecule has 0 aliphatic carbocycles. The summed E-state index contributed by atoms with van der Waals surface area (Å²) < 4.78 is 11.2. The Morgan fingerprint density at radius 3 is 2.74 bits per heavy atom. The van der Waals surface area contributed by atoms with Crippen molar-refractivity contribution in [3.63, 3.8) is 0 Å². The summed E-state index contributed by atoms with van der Waals surface area (Å²) in [6.07, 6.45) is 4.61. The molecule has 1 amide bonds.